The first kappa shape index (κ1) is 9.88. The van der Waals surface area contributed by atoms with Crippen molar-refractivity contribution >= 4 is 0 Å². The van der Waals surface area contributed by atoms with Gasteiger partial charge in [-0.15, -0.1) is 0 Å². The van der Waals surface area contributed by atoms with Gasteiger partial charge in [0.2, 0.25) is 0 Å². The van der Waals surface area contributed by atoms with E-state index in [1.807, 2.05) is 13.8 Å². The van der Waals surface area contributed by atoms with E-state index in [0.717, 1.165) is 0 Å². The predicted molar refractivity (Wildman–Crippen MR) is 40.6 cm³/mol. The van der Waals surface area contributed by atoms with E-state index in [1.54, 1.807) is 14.2 Å². The van der Waals surface area contributed by atoms with Crippen LogP contribution in [0.15, 0.2) is 0 Å². The molecule has 0 bridgehead atoms. The summed E-state index contributed by atoms with van der Waals surface area (Å²) in [5.74, 6) is -0.326. The zero-order chi connectivity index (χ0) is 8.20. The number of nitrogens with two attached hydrogens (primary N) is 1. The molecule has 0 aliphatic heterocycles. The van der Waals surface area contributed by atoms with Gasteiger partial charge >= 0.3 is 0 Å². The lowest BCUT2D eigenvalue weighted by molar-refractivity contribution is -0.225. The minimum Gasteiger partial charge on any atom is -0.352 e. The summed E-state index contributed by atoms with van der Waals surface area (Å²) in [7, 11) is 3.22. The molecular formula is C7H17NO2. The van der Waals surface area contributed by atoms with Crippen molar-refractivity contribution < 1.29 is 9.47 Å². The van der Waals surface area contributed by atoms with E-state index in [-0.39, 0.29) is 5.92 Å². The third kappa shape index (κ3) is 1.68. The number of rotatable bonds is 4. The van der Waals surface area contributed by atoms with Crippen LogP contribution in [0.2, 0.25) is 0 Å². The molecule has 0 aliphatic carbocycles. The van der Waals surface area contributed by atoms with Gasteiger partial charge in [-0.05, 0) is 0 Å². The largest absolute Gasteiger partial charge is 0.352 e. The zero-order valence-corrected chi connectivity index (χ0v) is 7.18. The van der Waals surface area contributed by atoms with Crippen LogP contribution in [0.4, 0.5) is 0 Å². The van der Waals surface area contributed by atoms with E-state index < -0.39 is 5.79 Å². The molecule has 0 atom stereocenters. The number of methoxy groups -OCH3 is 2. The van der Waals surface area contributed by atoms with Gasteiger partial charge in [0.1, 0.15) is 0 Å². The highest BCUT2D eigenvalue weighted by molar-refractivity contribution is 4.73. The van der Waals surface area contributed by atoms with Crippen LogP contribution in [0.5, 0.6) is 0 Å². The minimum atomic E-state index is -0.597. The maximum absolute atomic E-state index is 5.48. The van der Waals surface area contributed by atoms with Crippen LogP contribution >= 0.6 is 0 Å². The van der Waals surface area contributed by atoms with Crippen molar-refractivity contribution in [3.05, 3.63) is 0 Å². The van der Waals surface area contributed by atoms with Crippen molar-refractivity contribution in [3.8, 4) is 0 Å². The molecule has 0 aromatic carbocycles. The molecule has 0 rings (SSSR count). The molecule has 0 aromatic heterocycles. The fourth-order valence-electron chi connectivity index (χ4n) is 0.957. The highest BCUT2D eigenvalue weighted by Crippen LogP contribution is 2.19. The highest BCUT2D eigenvalue weighted by atomic mass is 16.7. The molecule has 3 nitrogen and oxygen atoms in total. The highest BCUT2D eigenvalue weighted by Gasteiger charge is 2.31. The average Bonchev–Trinajstić information content (AvgIpc) is 1.92. The quantitative estimate of drug-likeness (QED) is 0.592. The van der Waals surface area contributed by atoms with Gasteiger partial charge in [0.05, 0.1) is 0 Å². The van der Waals surface area contributed by atoms with Gasteiger partial charge in [-0.3, -0.25) is 0 Å². The second kappa shape index (κ2) is 3.91. The van der Waals surface area contributed by atoms with Crippen LogP contribution < -0.4 is 5.73 Å². The topological polar surface area (TPSA) is 44.5 Å². The number of ether oxygens (including phenoxy) is 2. The van der Waals surface area contributed by atoms with Crippen LogP contribution in [-0.2, 0) is 9.47 Å². The smallest absolute Gasteiger partial charge is 0.182 e. The molecule has 0 amide bonds. The summed E-state index contributed by atoms with van der Waals surface area (Å²) >= 11 is 0. The van der Waals surface area contributed by atoms with Gasteiger partial charge < -0.3 is 15.2 Å². The molecule has 0 unspecified atom stereocenters. The van der Waals surface area contributed by atoms with Gasteiger partial charge in [0.25, 0.3) is 0 Å². The SMILES string of the molecule is COC(CN)(OC)C(C)C. The summed E-state index contributed by atoms with van der Waals surface area (Å²) in [6.07, 6.45) is 0. The molecule has 0 heterocycles. The third-order valence-corrected chi connectivity index (χ3v) is 1.86. The van der Waals surface area contributed by atoms with Gasteiger partial charge in [-0.25, -0.2) is 0 Å². The van der Waals surface area contributed by atoms with E-state index in [0.29, 0.717) is 6.54 Å². The van der Waals surface area contributed by atoms with Gasteiger partial charge in [0, 0.05) is 26.7 Å². The lowest BCUT2D eigenvalue weighted by Gasteiger charge is -2.33. The fraction of sp³-hybridized carbons (Fsp3) is 1.00. The van der Waals surface area contributed by atoms with Crippen molar-refractivity contribution in [2.45, 2.75) is 19.6 Å². The van der Waals surface area contributed by atoms with Crippen molar-refractivity contribution in [2.75, 3.05) is 20.8 Å². The Kier molecular flexibility index (Phi) is 3.86. The summed E-state index contributed by atoms with van der Waals surface area (Å²) in [5.41, 5.74) is 5.48. The Bertz CT molecular complexity index is 81.3. The Hall–Kier alpha value is -0.120. The van der Waals surface area contributed by atoms with Crippen LogP contribution in [0, 0.1) is 5.92 Å². The summed E-state index contributed by atoms with van der Waals surface area (Å²) in [6.45, 7) is 4.41. The van der Waals surface area contributed by atoms with E-state index in [1.165, 1.54) is 0 Å². The Labute approximate surface area is 62.5 Å². The second-order valence-electron chi connectivity index (χ2n) is 2.58. The van der Waals surface area contributed by atoms with Gasteiger partial charge in [0.15, 0.2) is 5.79 Å². The number of hydrogen-bond acceptors (Lipinski definition) is 3. The molecule has 0 spiro atoms. The third-order valence-electron chi connectivity index (χ3n) is 1.86. The summed E-state index contributed by atoms with van der Waals surface area (Å²) in [6, 6.07) is 0. The van der Waals surface area contributed by atoms with Gasteiger partial charge in [-0.1, -0.05) is 13.8 Å². The van der Waals surface area contributed by atoms with Crippen LogP contribution in [0.3, 0.4) is 0 Å². The van der Waals surface area contributed by atoms with Crippen molar-refractivity contribution in [1.82, 2.24) is 0 Å². The molecule has 10 heavy (non-hydrogen) atoms. The van der Waals surface area contributed by atoms with E-state index >= 15 is 0 Å². The molecule has 0 aromatic rings. The molecule has 62 valence electrons. The van der Waals surface area contributed by atoms with Crippen molar-refractivity contribution in [2.24, 2.45) is 11.7 Å². The maximum Gasteiger partial charge on any atom is 0.182 e. The molecule has 0 fully saturated rings. The molecule has 0 saturated carbocycles. The molecule has 0 radical (unpaired) electrons. The first-order valence-corrected chi connectivity index (χ1v) is 3.43. The molecule has 3 heteroatoms. The monoisotopic (exact) mass is 147 g/mol. The van der Waals surface area contributed by atoms with Crippen LogP contribution in [0.25, 0.3) is 0 Å². The van der Waals surface area contributed by atoms with Crippen molar-refractivity contribution in [3.63, 3.8) is 0 Å². The van der Waals surface area contributed by atoms with Crippen molar-refractivity contribution in [1.29, 1.82) is 0 Å². The minimum absolute atomic E-state index is 0.271. The van der Waals surface area contributed by atoms with E-state index in [4.69, 9.17) is 15.2 Å². The zero-order valence-electron chi connectivity index (χ0n) is 7.18. The van der Waals surface area contributed by atoms with Crippen LogP contribution in [-0.4, -0.2) is 26.6 Å². The first-order chi connectivity index (χ1) is 4.63. The van der Waals surface area contributed by atoms with Gasteiger partial charge in [-0.2, -0.15) is 0 Å². The Morgan fingerprint density at radius 2 is 1.70 bits per heavy atom. The molecule has 2 N–H and O–H groups in total. The maximum atomic E-state index is 5.48. The lowest BCUT2D eigenvalue weighted by atomic mass is 10.0. The number of hydrogen-bond donors (Lipinski definition) is 1. The predicted octanol–water partition coefficient (Wildman–Crippen LogP) is 0.590. The van der Waals surface area contributed by atoms with E-state index in [9.17, 15) is 0 Å². The van der Waals surface area contributed by atoms with Crippen LogP contribution in [0.1, 0.15) is 13.8 Å². The standard InChI is InChI=1S/C7H17NO2/c1-6(2)7(5-8,9-3)10-4/h6H,5,8H2,1-4H3. The summed E-state index contributed by atoms with van der Waals surface area (Å²) < 4.78 is 10.3. The fourth-order valence-corrected chi connectivity index (χ4v) is 0.957. The normalized spacial score (nSPS) is 12.6. The second-order valence-corrected chi connectivity index (χ2v) is 2.58. The average molecular weight is 147 g/mol. The summed E-state index contributed by atoms with van der Waals surface area (Å²) in [4.78, 5) is 0. The molecule has 0 saturated heterocycles. The molecular weight excluding hydrogens is 130 g/mol. The first-order valence-electron chi connectivity index (χ1n) is 3.43. The Morgan fingerprint density at radius 3 is 1.70 bits per heavy atom. The lowest BCUT2D eigenvalue weighted by Crippen LogP contribution is -2.46. The molecule has 0 aliphatic rings. The Balaban J connectivity index is 4.15. The van der Waals surface area contributed by atoms with E-state index in [2.05, 4.69) is 0 Å². The Morgan fingerprint density at radius 1 is 1.30 bits per heavy atom. The summed E-state index contributed by atoms with van der Waals surface area (Å²) in [5, 5.41) is 0.